The Kier molecular flexibility index (Phi) is 7.07. The van der Waals surface area contributed by atoms with Crippen molar-refractivity contribution in [2.45, 2.75) is 44.6 Å². The third-order valence-electron chi connectivity index (χ3n) is 4.28. The molecule has 1 aromatic carbocycles. The first-order chi connectivity index (χ1) is 11.1. The third-order valence-corrected chi connectivity index (χ3v) is 4.28. The number of rotatable bonds is 6. The normalized spacial score (nSPS) is 20.7. The van der Waals surface area contributed by atoms with Crippen molar-refractivity contribution in [1.29, 1.82) is 0 Å². The van der Waals surface area contributed by atoms with Crippen molar-refractivity contribution in [3.8, 4) is 0 Å². The highest BCUT2D eigenvalue weighted by molar-refractivity contribution is 6.35. The van der Waals surface area contributed by atoms with E-state index in [9.17, 15) is 14.7 Å². The lowest BCUT2D eigenvalue weighted by molar-refractivity contribution is -0.139. The van der Waals surface area contributed by atoms with E-state index >= 15 is 0 Å². The van der Waals surface area contributed by atoms with Crippen molar-refractivity contribution >= 4 is 11.8 Å². The first-order valence-corrected chi connectivity index (χ1v) is 8.43. The summed E-state index contributed by atoms with van der Waals surface area (Å²) in [4.78, 5) is 23.5. The minimum Gasteiger partial charge on any atom is -0.393 e. The molecule has 2 rings (SSSR count). The standard InChI is InChI=1S/C18H26N2O3/c21-16-10-4-8-15(12-16)13-20-18(23)17(22)19-11-5-9-14-6-2-1-3-7-14/h1-3,6-7,15-16,21H,4-5,8-13H2,(H,19,22)(H,20,23). The predicted molar refractivity (Wildman–Crippen MR) is 88.7 cm³/mol. The number of hydrogen-bond acceptors (Lipinski definition) is 3. The first kappa shape index (κ1) is 17.5. The molecule has 0 aliphatic heterocycles. The number of hydrogen-bond donors (Lipinski definition) is 3. The van der Waals surface area contributed by atoms with Crippen LogP contribution >= 0.6 is 0 Å². The second kappa shape index (κ2) is 9.30. The van der Waals surface area contributed by atoms with Gasteiger partial charge in [0.15, 0.2) is 0 Å². The van der Waals surface area contributed by atoms with Gasteiger partial charge in [0.25, 0.3) is 0 Å². The van der Waals surface area contributed by atoms with Gasteiger partial charge in [0.05, 0.1) is 6.10 Å². The topological polar surface area (TPSA) is 78.4 Å². The van der Waals surface area contributed by atoms with E-state index in [1.807, 2.05) is 30.3 Å². The number of benzene rings is 1. The third kappa shape index (κ3) is 6.40. The number of amides is 2. The van der Waals surface area contributed by atoms with E-state index in [0.29, 0.717) is 19.5 Å². The summed E-state index contributed by atoms with van der Waals surface area (Å²) in [6.45, 7) is 0.955. The lowest BCUT2D eigenvalue weighted by Gasteiger charge is -2.25. The minimum atomic E-state index is -0.579. The smallest absolute Gasteiger partial charge is 0.309 e. The molecule has 5 heteroatoms. The lowest BCUT2D eigenvalue weighted by atomic mass is 9.87. The van der Waals surface area contributed by atoms with Gasteiger partial charge in [-0.1, -0.05) is 36.8 Å². The highest BCUT2D eigenvalue weighted by Crippen LogP contribution is 2.23. The molecule has 126 valence electrons. The van der Waals surface area contributed by atoms with Crippen LogP contribution in [0, 0.1) is 5.92 Å². The van der Waals surface area contributed by atoms with Crippen LogP contribution in [0.3, 0.4) is 0 Å². The molecule has 23 heavy (non-hydrogen) atoms. The molecule has 2 amide bonds. The van der Waals surface area contributed by atoms with Gasteiger partial charge in [-0.05, 0) is 43.6 Å². The second-order valence-electron chi connectivity index (χ2n) is 6.24. The predicted octanol–water partition coefficient (Wildman–Crippen LogP) is 1.40. The zero-order chi connectivity index (χ0) is 16.5. The Balaban J connectivity index is 1.58. The molecule has 0 aromatic heterocycles. The van der Waals surface area contributed by atoms with Crippen LogP contribution in [-0.2, 0) is 16.0 Å². The van der Waals surface area contributed by atoms with Crippen molar-refractivity contribution in [3.05, 3.63) is 35.9 Å². The number of aliphatic hydroxyl groups is 1. The molecule has 0 heterocycles. The van der Waals surface area contributed by atoms with Crippen LogP contribution in [0.25, 0.3) is 0 Å². The molecule has 1 aliphatic rings. The van der Waals surface area contributed by atoms with Crippen molar-refractivity contribution in [3.63, 3.8) is 0 Å². The zero-order valence-corrected chi connectivity index (χ0v) is 13.5. The Hall–Kier alpha value is -1.88. The molecule has 5 nitrogen and oxygen atoms in total. The summed E-state index contributed by atoms with van der Waals surface area (Å²) in [5, 5.41) is 14.9. The van der Waals surface area contributed by atoms with Gasteiger partial charge in [-0.25, -0.2) is 0 Å². The Morgan fingerprint density at radius 1 is 1.09 bits per heavy atom. The highest BCUT2D eigenvalue weighted by Gasteiger charge is 2.21. The van der Waals surface area contributed by atoms with Gasteiger partial charge in [-0.15, -0.1) is 0 Å². The monoisotopic (exact) mass is 318 g/mol. The summed E-state index contributed by atoms with van der Waals surface area (Å²) in [5.74, 6) is -0.882. The van der Waals surface area contributed by atoms with Crippen LogP contribution in [0.2, 0.25) is 0 Å². The fraction of sp³-hybridized carbons (Fsp3) is 0.556. The van der Waals surface area contributed by atoms with Crippen molar-refractivity contribution < 1.29 is 14.7 Å². The quantitative estimate of drug-likeness (QED) is 0.548. The summed E-state index contributed by atoms with van der Waals surface area (Å²) in [6.07, 6.45) is 4.94. The molecule has 0 radical (unpaired) electrons. The summed E-state index contributed by atoms with van der Waals surface area (Å²) < 4.78 is 0. The molecule has 3 N–H and O–H groups in total. The van der Waals surface area contributed by atoms with E-state index in [-0.39, 0.29) is 12.0 Å². The number of nitrogens with one attached hydrogen (secondary N) is 2. The number of aliphatic hydroxyl groups excluding tert-OH is 1. The van der Waals surface area contributed by atoms with E-state index < -0.39 is 11.8 Å². The van der Waals surface area contributed by atoms with Gasteiger partial charge in [0.2, 0.25) is 0 Å². The molecule has 1 fully saturated rings. The van der Waals surface area contributed by atoms with Crippen LogP contribution in [-0.4, -0.2) is 36.1 Å². The molecule has 1 saturated carbocycles. The molecular weight excluding hydrogens is 292 g/mol. The van der Waals surface area contributed by atoms with E-state index in [1.54, 1.807) is 0 Å². The van der Waals surface area contributed by atoms with E-state index in [4.69, 9.17) is 0 Å². The minimum absolute atomic E-state index is 0.266. The Morgan fingerprint density at radius 2 is 1.83 bits per heavy atom. The van der Waals surface area contributed by atoms with E-state index in [2.05, 4.69) is 10.6 Å². The van der Waals surface area contributed by atoms with Gasteiger partial charge < -0.3 is 15.7 Å². The second-order valence-corrected chi connectivity index (χ2v) is 6.24. The molecular formula is C18H26N2O3. The molecule has 0 bridgehead atoms. The largest absolute Gasteiger partial charge is 0.393 e. The molecule has 1 aromatic rings. The van der Waals surface area contributed by atoms with E-state index in [1.165, 1.54) is 5.56 Å². The van der Waals surface area contributed by atoms with Crippen LogP contribution in [0.4, 0.5) is 0 Å². The van der Waals surface area contributed by atoms with Crippen LogP contribution < -0.4 is 10.6 Å². The van der Waals surface area contributed by atoms with Gasteiger partial charge in [-0.3, -0.25) is 9.59 Å². The zero-order valence-electron chi connectivity index (χ0n) is 13.5. The van der Waals surface area contributed by atoms with Gasteiger partial charge in [-0.2, -0.15) is 0 Å². The van der Waals surface area contributed by atoms with E-state index in [0.717, 1.165) is 32.1 Å². The van der Waals surface area contributed by atoms with Crippen molar-refractivity contribution in [2.75, 3.05) is 13.1 Å². The van der Waals surface area contributed by atoms with Gasteiger partial charge >= 0.3 is 11.8 Å². The Bertz CT molecular complexity index is 504. The Morgan fingerprint density at radius 3 is 2.57 bits per heavy atom. The Labute approximate surface area is 137 Å². The lowest BCUT2D eigenvalue weighted by Crippen LogP contribution is -2.42. The SMILES string of the molecule is O=C(NCCCc1ccccc1)C(=O)NCC1CCCC(O)C1. The molecule has 2 unspecified atom stereocenters. The average Bonchev–Trinajstić information content (AvgIpc) is 2.57. The summed E-state index contributed by atoms with van der Waals surface area (Å²) >= 11 is 0. The van der Waals surface area contributed by atoms with Crippen LogP contribution in [0.1, 0.15) is 37.7 Å². The maximum absolute atomic E-state index is 11.7. The van der Waals surface area contributed by atoms with Crippen molar-refractivity contribution in [2.24, 2.45) is 5.92 Å². The molecule has 0 spiro atoms. The number of carbonyl (C=O) groups is 2. The fourth-order valence-corrected chi connectivity index (χ4v) is 2.98. The summed E-state index contributed by atoms with van der Waals surface area (Å²) in [7, 11) is 0. The average molecular weight is 318 g/mol. The number of carbonyl (C=O) groups excluding carboxylic acids is 2. The summed E-state index contributed by atoms with van der Waals surface area (Å²) in [6, 6.07) is 10.0. The molecule has 0 saturated heterocycles. The molecule has 1 aliphatic carbocycles. The summed E-state index contributed by atoms with van der Waals surface area (Å²) in [5.41, 5.74) is 1.22. The van der Waals surface area contributed by atoms with Gasteiger partial charge in [0.1, 0.15) is 0 Å². The maximum atomic E-state index is 11.7. The van der Waals surface area contributed by atoms with Crippen LogP contribution in [0.5, 0.6) is 0 Å². The molecule has 2 atom stereocenters. The van der Waals surface area contributed by atoms with Gasteiger partial charge in [0, 0.05) is 13.1 Å². The highest BCUT2D eigenvalue weighted by atomic mass is 16.3. The van der Waals surface area contributed by atoms with Crippen molar-refractivity contribution in [1.82, 2.24) is 10.6 Å². The fourth-order valence-electron chi connectivity index (χ4n) is 2.98. The number of aryl methyl sites for hydroxylation is 1. The van der Waals surface area contributed by atoms with Crippen LogP contribution in [0.15, 0.2) is 30.3 Å². The maximum Gasteiger partial charge on any atom is 0.309 e. The first-order valence-electron chi connectivity index (χ1n) is 8.43.